The van der Waals surface area contributed by atoms with Gasteiger partial charge in [0.1, 0.15) is 18.0 Å². The summed E-state index contributed by atoms with van der Waals surface area (Å²) < 4.78 is 13.4. The number of hydrogen-bond acceptors (Lipinski definition) is 5. The zero-order valence-corrected chi connectivity index (χ0v) is 13.9. The van der Waals surface area contributed by atoms with Crippen molar-refractivity contribution in [1.29, 1.82) is 0 Å². The lowest BCUT2D eigenvalue weighted by atomic mass is 10.0. The molecule has 0 aliphatic carbocycles. The maximum Gasteiger partial charge on any atom is 0.139 e. The first kappa shape index (κ1) is 15.1. The van der Waals surface area contributed by atoms with Crippen molar-refractivity contribution in [2.24, 2.45) is 0 Å². The molecule has 0 atom stereocenters. The lowest BCUT2D eigenvalue weighted by Crippen LogP contribution is -2.48. The molecule has 2 saturated heterocycles. The number of thioether (sulfide) groups is 1. The highest BCUT2D eigenvalue weighted by Crippen LogP contribution is 2.28. The van der Waals surface area contributed by atoms with Crippen LogP contribution in [0.25, 0.3) is 10.9 Å². The highest BCUT2D eigenvalue weighted by molar-refractivity contribution is 7.99. The van der Waals surface area contributed by atoms with Gasteiger partial charge in [-0.05, 0) is 25.0 Å². The molecule has 0 unspecified atom stereocenters. The molecule has 2 aliphatic rings. The van der Waals surface area contributed by atoms with Gasteiger partial charge in [0.15, 0.2) is 0 Å². The third kappa shape index (κ3) is 3.15. The molecule has 4 rings (SSSR count). The normalized spacial score (nSPS) is 21.0. The van der Waals surface area contributed by atoms with Crippen LogP contribution in [0, 0.1) is 5.82 Å². The van der Waals surface area contributed by atoms with Crippen LogP contribution < -0.4 is 4.90 Å². The monoisotopic (exact) mass is 332 g/mol. The molecule has 2 aromatic rings. The third-order valence-corrected chi connectivity index (χ3v) is 5.85. The summed E-state index contributed by atoms with van der Waals surface area (Å²) in [5.74, 6) is 3.23. The Morgan fingerprint density at radius 3 is 2.61 bits per heavy atom. The first-order valence-corrected chi connectivity index (χ1v) is 9.44. The molecule has 3 heterocycles. The van der Waals surface area contributed by atoms with E-state index < -0.39 is 0 Å². The van der Waals surface area contributed by atoms with Crippen molar-refractivity contribution in [2.45, 2.75) is 18.9 Å². The number of halogens is 1. The van der Waals surface area contributed by atoms with Gasteiger partial charge in [0.25, 0.3) is 0 Å². The fourth-order valence-electron chi connectivity index (χ4n) is 3.65. The summed E-state index contributed by atoms with van der Waals surface area (Å²) in [5.41, 5.74) is 0.685. The van der Waals surface area contributed by atoms with Crippen molar-refractivity contribution in [3.63, 3.8) is 0 Å². The smallest absolute Gasteiger partial charge is 0.139 e. The summed E-state index contributed by atoms with van der Waals surface area (Å²) in [4.78, 5) is 13.7. The molecular formula is C17H21FN4S. The fourth-order valence-corrected chi connectivity index (χ4v) is 4.58. The Balaban J connectivity index is 1.50. The molecule has 122 valence electrons. The SMILES string of the molecule is Fc1ccc2c(N3CCC(N4CCSCC4)CC3)ncnc2c1. The topological polar surface area (TPSA) is 32.3 Å². The van der Waals surface area contributed by atoms with Crippen molar-refractivity contribution in [3.05, 3.63) is 30.3 Å². The first-order chi connectivity index (χ1) is 11.3. The van der Waals surface area contributed by atoms with Crippen LogP contribution in [0.3, 0.4) is 0 Å². The van der Waals surface area contributed by atoms with Crippen LogP contribution >= 0.6 is 11.8 Å². The molecular weight excluding hydrogens is 311 g/mol. The molecule has 0 spiro atoms. The van der Waals surface area contributed by atoms with Gasteiger partial charge in [0.2, 0.25) is 0 Å². The predicted molar refractivity (Wildman–Crippen MR) is 93.6 cm³/mol. The van der Waals surface area contributed by atoms with Crippen LogP contribution in [-0.2, 0) is 0 Å². The van der Waals surface area contributed by atoms with E-state index in [1.54, 1.807) is 12.4 Å². The van der Waals surface area contributed by atoms with Crippen molar-refractivity contribution in [3.8, 4) is 0 Å². The van der Waals surface area contributed by atoms with Gasteiger partial charge in [-0.15, -0.1) is 0 Å². The Bertz CT molecular complexity index is 681. The van der Waals surface area contributed by atoms with Crippen LogP contribution in [0.2, 0.25) is 0 Å². The second kappa shape index (κ2) is 6.61. The number of fused-ring (bicyclic) bond motifs is 1. The van der Waals surface area contributed by atoms with Gasteiger partial charge < -0.3 is 4.90 Å². The zero-order chi connectivity index (χ0) is 15.6. The molecule has 4 nitrogen and oxygen atoms in total. The fraction of sp³-hybridized carbons (Fsp3) is 0.529. The predicted octanol–water partition coefficient (Wildman–Crippen LogP) is 2.79. The van der Waals surface area contributed by atoms with Crippen LogP contribution in [-0.4, -0.2) is 58.6 Å². The van der Waals surface area contributed by atoms with Crippen molar-refractivity contribution >= 4 is 28.5 Å². The van der Waals surface area contributed by atoms with Crippen LogP contribution in [0.5, 0.6) is 0 Å². The van der Waals surface area contributed by atoms with E-state index in [0.29, 0.717) is 11.6 Å². The van der Waals surface area contributed by atoms with E-state index in [-0.39, 0.29) is 5.82 Å². The lowest BCUT2D eigenvalue weighted by Gasteiger charge is -2.40. The molecule has 0 amide bonds. The number of rotatable bonds is 2. The Morgan fingerprint density at radius 2 is 1.83 bits per heavy atom. The van der Waals surface area contributed by atoms with Gasteiger partial charge in [-0.25, -0.2) is 14.4 Å². The highest BCUT2D eigenvalue weighted by Gasteiger charge is 2.26. The number of benzene rings is 1. The summed E-state index contributed by atoms with van der Waals surface area (Å²) in [7, 11) is 0. The molecule has 1 aromatic heterocycles. The minimum atomic E-state index is -0.246. The Kier molecular flexibility index (Phi) is 4.35. The number of anilines is 1. The van der Waals surface area contributed by atoms with E-state index in [1.165, 1.54) is 49.6 Å². The maximum atomic E-state index is 13.4. The lowest BCUT2D eigenvalue weighted by molar-refractivity contribution is 0.185. The number of nitrogens with zero attached hydrogens (tertiary/aromatic N) is 4. The number of piperidine rings is 1. The van der Waals surface area contributed by atoms with Gasteiger partial charge in [0.05, 0.1) is 5.52 Å². The van der Waals surface area contributed by atoms with Crippen LogP contribution in [0.4, 0.5) is 10.2 Å². The van der Waals surface area contributed by atoms with E-state index in [0.717, 1.165) is 24.3 Å². The van der Waals surface area contributed by atoms with E-state index in [2.05, 4.69) is 31.5 Å². The van der Waals surface area contributed by atoms with Crippen LogP contribution in [0.1, 0.15) is 12.8 Å². The van der Waals surface area contributed by atoms with Crippen molar-refractivity contribution < 1.29 is 4.39 Å². The molecule has 0 N–H and O–H groups in total. The zero-order valence-electron chi connectivity index (χ0n) is 13.1. The second-order valence-corrected chi connectivity index (χ2v) is 7.45. The minimum absolute atomic E-state index is 0.246. The number of hydrogen-bond donors (Lipinski definition) is 0. The Labute approximate surface area is 140 Å². The van der Waals surface area contributed by atoms with Gasteiger partial charge >= 0.3 is 0 Å². The Morgan fingerprint density at radius 1 is 1.04 bits per heavy atom. The third-order valence-electron chi connectivity index (χ3n) is 4.90. The summed E-state index contributed by atoms with van der Waals surface area (Å²) in [6.45, 7) is 4.48. The van der Waals surface area contributed by atoms with Gasteiger partial charge in [0, 0.05) is 55.2 Å². The minimum Gasteiger partial charge on any atom is -0.356 e. The molecule has 0 saturated carbocycles. The van der Waals surface area contributed by atoms with E-state index in [1.807, 2.05) is 0 Å². The standard InChI is InChI=1S/C17H21FN4S/c18-13-1-2-15-16(11-13)19-12-20-17(15)22-5-3-14(4-6-22)21-7-9-23-10-8-21/h1-2,11-12,14H,3-10H2. The molecule has 2 fully saturated rings. The average molecular weight is 332 g/mol. The van der Waals surface area contributed by atoms with E-state index in [9.17, 15) is 4.39 Å². The summed E-state index contributed by atoms with van der Waals surface area (Å²) >= 11 is 2.06. The molecule has 0 radical (unpaired) electrons. The van der Waals surface area contributed by atoms with E-state index >= 15 is 0 Å². The molecule has 2 aliphatic heterocycles. The molecule has 6 heteroatoms. The quantitative estimate of drug-likeness (QED) is 0.844. The summed E-state index contributed by atoms with van der Waals surface area (Å²) in [5, 5.41) is 0.946. The van der Waals surface area contributed by atoms with Gasteiger partial charge in [-0.1, -0.05) is 0 Å². The summed E-state index contributed by atoms with van der Waals surface area (Å²) in [6, 6.07) is 5.48. The van der Waals surface area contributed by atoms with Crippen LogP contribution in [0.15, 0.2) is 24.5 Å². The Hall–Kier alpha value is -1.40. The largest absolute Gasteiger partial charge is 0.356 e. The number of aromatic nitrogens is 2. The second-order valence-electron chi connectivity index (χ2n) is 6.23. The summed E-state index contributed by atoms with van der Waals surface area (Å²) in [6.07, 6.45) is 3.90. The van der Waals surface area contributed by atoms with Crippen molar-refractivity contribution in [1.82, 2.24) is 14.9 Å². The maximum absolute atomic E-state index is 13.4. The highest BCUT2D eigenvalue weighted by atomic mass is 32.2. The van der Waals surface area contributed by atoms with Crippen molar-refractivity contribution in [2.75, 3.05) is 42.6 Å². The van der Waals surface area contributed by atoms with Gasteiger partial charge in [-0.2, -0.15) is 11.8 Å². The van der Waals surface area contributed by atoms with Gasteiger partial charge in [-0.3, -0.25) is 4.90 Å². The average Bonchev–Trinajstić information content (AvgIpc) is 2.62. The first-order valence-electron chi connectivity index (χ1n) is 8.28. The molecule has 1 aromatic carbocycles. The molecule has 23 heavy (non-hydrogen) atoms. The molecule has 0 bridgehead atoms. The van der Waals surface area contributed by atoms with E-state index in [4.69, 9.17) is 0 Å².